The highest BCUT2D eigenvalue weighted by Gasteiger charge is 2.18. The summed E-state index contributed by atoms with van der Waals surface area (Å²) in [5, 5.41) is 11.3. The maximum atomic E-state index is 11.9. The predicted molar refractivity (Wildman–Crippen MR) is 86.3 cm³/mol. The van der Waals surface area contributed by atoms with Crippen LogP contribution in [0.15, 0.2) is 33.6 Å². The van der Waals surface area contributed by atoms with Crippen molar-refractivity contribution in [3.63, 3.8) is 0 Å². The molecular weight excluding hydrogens is 316 g/mol. The molecule has 0 aliphatic heterocycles. The first-order valence-corrected chi connectivity index (χ1v) is 8.97. The molecule has 1 aromatic carbocycles. The largest absolute Gasteiger partial charge is 0.424 e. The Morgan fingerprint density at radius 3 is 2.57 bits per heavy atom. The fourth-order valence-electron chi connectivity index (χ4n) is 2.20. The topological polar surface area (TPSA) is 97.1 Å². The maximum absolute atomic E-state index is 11.9. The van der Waals surface area contributed by atoms with Crippen molar-refractivity contribution in [1.82, 2.24) is 20.2 Å². The smallest absolute Gasteiger partial charge is 0.240 e. The van der Waals surface area contributed by atoms with Gasteiger partial charge >= 0.3 is 0 Å². The van der Waals surface area contributed by atoms with Gasteiger partial charge in [-0.3, -0.25) is 5.32 Å². The van der Waals surface area contributed by atoms with Gasteiger partial charge in [0.1, 0.15) is 0 Å². The Hall–Kier alpha value is -1.77. The first-order valence-electron chi connectivity index (χ1n) is 7.49. The molecule has 0 fully saturated rings. The Kier molecular flexibility index (Phi) is 5.51. The number of hydrogen-bond donors (Lipinski definition) is 2. The first-order chi connectivity index (χ1) is 10.9. The van der Waals surface area contributed by atoms with E-state index in [-0.39, 0.29) is 17.0 Å². The van der Waals surface area contributed by atoms with Crippen LogP contribution in [-0.4, -0.2) is 25.7 Å². The Morgan fingerprint density at radius 1 is 1.22 bits per heavy atom. The molecule has 1 aromatic heterocycles. The summed E-state index contributed by atoms with van der Waals surface area (Å²) in [6.07, 6.45) is 0.694. The van der Waals surface area contributed by atoms with Crippen molar-refractivity contribution in [3.05, 3.63) is 41.6 Å². The number of sulfonamides is 1. The molecule has 0 amide bonds. The average Bonchev–Trinajstić information content (AvgIpc) is 3.04. The van der Waals surface area contributed by atoms with Gasteiger partial charge in [0.2, 0.25) is 21.8 Å². The van der Waals surface area contributed by atoms with Crippen molar-refractivity contribution < 1.29 is 12.8 Å². The Labute approximate surface area is 136 Å². The van der Waals surface area contributed by atoms with Crippen LogP contribution >= 0.6 is 0 Å². The van der Waals surface area contributed by atoms with Gasteiger partial charge in [0.05, 0.1) is 10.9 Å². The number of nitrogens with one attached hydrogen (secondary N) is 2. The molecule has 0 saturated heterocycles. The predicted octanol–water partition coefficient (Wildman–Crippen LogP) is 1.95. The van der Waals surface area contributed by atoms with E-state index in [4.69, 9.17) is 4.42 Å². The highest BCUT2D eigenvalue weighted by molar-refractivity contribution is 7.89. The van der Waals surface area contributed by atoms with E-state index in [0.29, 0.717) is 18.2 Å². The van der Waals surface area contributed by atoms with E-state index in [0.717, 1.165) is 5.56 Å². The van der Waals surface area contributed by atoms with E-state index in [1.54, 1.807) is 18.2 Å². The Morgan fingerprint density at radius 2 is 1.96 bits per heavy atom. The van der Waals surface area contributed by atoms with Crippen LogP contribution in [0.5, 0.6) is 0 Å². The van der Waals surface area contributed by atoms with Crippen LogP contribution < -0.4 is 10.0 Å². The number of nitrogens with zero attached hydrogens (tertiary/aromatic N) is 2. The van der Waals surface area contributed by atoms with Gasteiger partial charge in [0.15, 0.2) is 0 Å². The number of benzene rings is 1. The van der Waals surface area contributed by atoms with Crippen LogP contribution in [0.4, 0.5) is 0 Å². The second-order valence-corrected chi connectivity index (χ2v) is 7.16. The standard InChI is InChI=1S/C15H22N4O3S/c1-5-14-18-19-15(22-14)11(3)17-10(2)12-7-6-8-13(9-12)23(20,21)16-4/h6-11,16-17H,5H2,1-4H3/t10-,11-/m1/s1. The third-order valence-corrected chi connectivity index (χ3v) is 5.00. The zero-order chi connectivity index (χ0) is 17.0. The maximum Gasteiger partial charge on any atom is 0.240 e. The van der Waals surface area contributed by atoms with Crippen LogP contribution in [-0.2, 0) is 16.4 Å². The Bertz CT molecular complexity index is 758. The normalized spacial score (nSPS) is 14.6. The van der Waals surface area contributed by atoms with Crippen LogP contribution in [0.3, 0.4) is 0 Å². The summed E-state index contributed by atoms with van der Waals surface area (Å²) in [7, 11) is -2.06. The van der Waals surface area contributed by atoms with Gasteiger partial charge in [0.25, 0.3) is 0 Å². The van der Waals surface area contributed by atoms with Crippen LogP contribution in [0, 0.1) is 0 Å². The molecule has 2 rings (SSSR count). The van der Waals surface area contributed by atoms with E-state index in [2.05, 4.69) is 20.2 Å². The molecular formula is C15H22N4O3S. The molecule has 0 aliphatic rings. The van der Waals surface area contributed by atoms with Gasteiger partial charge in [-0.15, -0.1) is 10.2 Å². The molecule has 1 heterocycles. The van der Waals surface area contributed by atoms with Crippen LogP contribution in [0.2, 0.25) is 0 Å². The molecule has 2 N–H and O–H groups in total. The van der Waals surface area contributed by atoms with Crippen molar-refractivity contribution in [2.75, 3.05) is 7.05 Å². The third kappa shape index (κ3) is 4.15. The monoisotopic (exact) mass is 338 g/mol. The minimum absolute atomic E-state index is 0.0750. The Balaban J connectivity index is 2.14. The minimum Gasteiger partial charge on any atom is -0.424 e. The summed E-state index contributed by atoms with van der Waals surface area (Å²) in [6, 6.07) is 6.61. The van der Waals surface area contributed by atoms with Gasteiger partial charge in [0, 0.05) is 12.5 Å². The summed E-state index contributed by atoms with van der Waals surface area (Å²) in [5.74, 6) is 1.12. The van der Waals surface area contributed by atoms with Crippen molar-refractivity contribution in [2.24, 2.45) is 0 Å². The lowest BCUT2D eigenvalue weighted by Crippen LogP contribution is -2.23. The van der Waals surface area contributed by atoms with Crippen molar-refractivity contribution in [1.29, 1.82) is 0 Å². The summed E-state index contributed by atoms with van der Waals surface area (Å²) in [6.45, 7) is 5.84. The van der Waals surface area contributed by atoms with E-state index in [1.807, 2.05) is 26.8 Å². The number of aromatic nitrogens is 2. The van der Waals surface area contributed by atoms with Gasteiger partial charge in [-0.25, -0.2) is 13.1 Å². The van der Waals surface area contributed by atoms with E-state index in [1.165, 1.54) is 7.05 Å². The van der Waals surface area contributed by atoms with E-state index in [9.17, 15) is 8.42 Å². The fourth-order valence-corrected chi connectivity index (χ4v) is 2.98. The lowest BCUT2D eigenvalue weighted by atomic mass is 10.1. The third-order valence-electron chi connectivity index (χ3n) is 3.59. The lowest BCUT2D eigenvalue weighted by Gasteiger charge is -2.18. The quantitative estimate of drug-likeness (QED) is 0.801. The molecule has 2 atom stereocenters. The molecule has 0 radical (unpaired) electrons. The average molecular weight is 338 g/mol. The van der Waals surface area contributed by atoms with Crippen molar-refractivity contribution in [3.8, 4) is 0 Å². The lowest BCUT2D eigenvalue weighted by molar-refractivity contribution is 0.374. The molecule has 0 bridgehead atoms. The fraction of sp³-hybridized carbons (Fsp3) is 0.467. The molecule has 7 nitrogen and oxygen atoms in total. The van der Waals surface area contributed by atoms with Gasteiger partial charge in [-0.2, -0.15) is 0 Å². The van der Waals surface area contributed by atoms with E-state index < -0.39 is 10.0 Å². The number of aryl methyl sites for hydroxylation is 1. The molecule has 2 aromatic rings. The molecule has 126 valence electrons. The zero-order valence-electron chi connectivity index (χ0n) is 13.7. The summed E-state index contributed by atoms with van der Waals surface area (Å²) >= 11 is 0. The van der Waals surface area contributed by atoms with Crippen LogP contribution in [0.25, 0.3) is 0 Å². The van der Waals surface area contributed by atoms with Gasteiger partial charge in [-0.05, 0) is 38.6 Å². The molecule has 0 unspecified atom stereocenters. The minimum atomic E-state index is -3.45. The summed E-state index contributed by atoms with van der Waals surface area (Å²) in [4.78, 5) is 0.241. The second kappa shape index (κ2) is 7.20. The molecule has 8 heteroatoms. The number of hydrogen-bond acceptors (Lipinski definition) is 6. The van der Waals surface area contributed by atoms with Crippen molar-refractivity contribution in [2.45, 2.75) is 44.2 Å². The summed E-state index contributed by atoms with van der Waals surface area (Å²) < 4.78 is 31.6. The summed E-state index contributed by atoms with van der Waals surface area (Å²) in [5.41, 5.74) is 0.864. The van der Waals surface area contributed by atoms with Gasteiger partial charge in [-0.1, -0.05) is 19.1 Å². The highest BCUT2D eigenvalue weighted by Crippen LogP contribution is 2.21. The zero-order valence-corrected chi connectivity index (χ0v) is 14.5. The molecule has 0 saturated carbocycles. The molecule has 23 heavy (non-hydrogen) atoms. The first kappa shape index (κ1) is 17.6. The van der Waals surface area contributed by atoms with E-state index >= 15 is 0 Å². The molecule has 0 spiro atoms. The highest BCUT2D eigenvalue weighted by atomic mass is 32.2. The van der Waals surface area contributed by atoms with Gasteiger partial charge < -0.3 is 4.42 Å². The second-order valence-electron chi connectivity index (χ2n) is 5.28. The number of rotatable bonds is 7. The molecule has 0 aliphatic carbocycles. The SMILES string of the molecule is CCc1nnc([C@@H](C)N[C@H](C)c2cccc(S(=O)(=O)NC)c2)o1. The van der Waals surface area contributed by atoms with Crippen LogP contribution in [0.1, 0.15) is 50.2 Å². The van der Waals surface area contributed by atoms with Crippen molar-refractivity contribution >= 4 is 10.0 Å².